The molecule has 1 aromatic rings. The molecule has 1 heterocycles. The summed E-state index contributed by atoms with van der Waals surface area (Å²) in [5.41, 5.74) is 0.817. The summed E-state index contributed by atoms with van der Waals surface area (Å²) in [5.74, 6) is 0.345. The van der Waals surface area contributed by atoms with Gasteiger partial charge in [-0.2, -0.15) is 0 Å². The molecule has 0 fully saturated rings. The van der Waals surface area contributed by atoms with Gasteiger partial charge in [0.05, 0.1) is 6.61 Å². The van der Waals surface area contributed by atoms with Gasteiger partial charge in [-0.1, -0.05) is 0 Å². The van der Waals surface area contributed by atoms with Gasteiger partial charge in [-0.05, 0) is 6.07 Å². The molecule has 0 aliphatic rings. The Labute approximate surface area is 82.2 Å². The average molecular weight is 195 g/mol. The average Bonchev–Trinajstić information content (AvgIpc) is 2.14. The number of aliphatic hydroxyl groups is 1. The number of hydrogen-bond donors (Lipinski definition) is 3. The van der Waals surface area contributed by atoms with Crippen LogP contribution in [0.4, 0.5) is 11.5 Å². The van der Waals surface area contributed by atoms with Crippen molar-refractivity contribution in [2.75, 3.05) is 23.8 Å². The number of amides is 1. The van der Waals surface area contributed by atoms with E-state index < -0.39 is 0 Å². The lowest BCUT2D eigenvalue weighted by Gasteiger charge is -2.06. The van der Waals surface area contributed by atoms with Crippen LogP contribution in [0.5, 0.6) is 0 Å². The van der Waals surface area contributed by atoms with E-state index in [9.17, 15) is 4.79 Å². The predicted octanol–water partition coefficient (Wildman–Crippen LogP) is 0.444. The van der Waals surface area contributed by atoms with E-state index in [0.717, 1.165) is 5.69 Å². The third-order valence-electron chi connectivity index (χ3n) is 1.50. The number of pyridine rings is 1. The third-order valence-corrected chi connectivity index (χ3v) is 1.50. The highest BCUT2D eigenvalue weighted by Crippen LogP contribution is 2.10. The Morgan fingerprint density at radius 3 is 3.07 bits per heavy atom. The van der Waals surface area contributed by atoms with Crippen LogP contribution in [0.1, 0.15) is 6.92 Å². The minimum atomic E-state index is -0.156. The second-order valence-electron chi connectivity index (χ2n) is 2.76. The molecule has 1 amide bonds. The van der Waals surface area contributed by atoms with Gasteiger partial charge >= 0.3 is 0 Å². The van der Waals surface area contributed by atoms with Gasteiger partial charge in [0.1, 0.15) is 5.82 Å². The number of nitrogens with one attached hydrogen (secondary N) is 2. The van der Waals surface area contributed by atoms with Crippen LogP contribution >= 0.6 is 0 Å². The van der Waals surface area contributed by atoms with Gasteiger partial charge in [-0.25, -0.2) is 4.98 Å². The maximum atomic E-state index is 10.7. The largest absolute Gasteiger partial charge is 0.395 e. The fourth-order valence-electron chi connectivity index (χ4n) is 0.989. The lowest BCUT2D eigenvalue weighted by molar-refractivity contribution is -0.114. The third kappa shape index (κ3) is 3.40. The van der Waals surface area contributed by atoms with Crippen LogP contribution in [0.15, 0.2) is 18.3 Å². The number of hydrogen-bond acceptors (Lipinski definition) is 4. The zero-order valence-corrected chi connectivity index (χ0v) is 7.95. The minimum Gasteiger partial charge on any atom is -0.395 e. The molecule has 76 valence electrons. The molecule has 0 saturated heterocycles. The number of rotatable bonds is 4. The van der Waals surface area contributed by atoms with Crippen molar-refractivity contribution in [3.63, 3.8) is 0 Å². The molecule has 1 aromatic heterocycles. The Morgan fingerprint density at radius 2 is 2.43 bits per heavy atom. The first-order chi connectivity index (χ1) is 6.72. The fraction of sp³-hybridized carbons (Fsp3) is 0.333. The summed E-state index contributed by atoms with van der Waals surface area (Å²) in [6.07, 6.45) is 1.59. The lowest BCUT2D eigenvalue weighted by atomic mass is 10.4. The second kappa shape index (κ2) is 5.18. The summed E-state index contributed by atoms with van der Waals surface area (Å²) >= 11 is 0. The van der Waals surface area contributed by atoms with E-state index in [2.05, 4.69) is 15.6 Å². The zero-order valence-electron chi connectivity index (χ0n) is 7.95. The van der Waals surface area contributed by atoms with E-state index in [0.29, 0.717) is 12.4 Å². The van der Waals surface area contributed by atoms with E-state index in [1.54, 1.807) is 18.3 Å². The molecule has 0 radical (unpaired) electrons. The Balaban J connectivity index is 2.63. The van der Waals surface area contributed by atoms with Crippen molar-refractivity contribution in [3.8, 4) is 0 Å². The number of nitrogens with zero attached hydrogens (tertiary/aromatic N) is 1. The molecule has 1 rings (SSSR count). The van der Waals surface area contributed by atoms with Crippen LogP contribution in [-0.2, 0) is 4.79 Å². The van der Waals surface area contributed by atoms with Crippen LogP contribution in [-0.4, -0.2) is 29.1 Å². The molecule has 3 N–H and O–H groups in total. The van der Waals surface area contributed by atoms with E-state index in [1.165, 1.54) is 6.92 Å². The number of anilines is 2. The van der Waals surface area contributed by atoms with Crippen LogP contribution in [0.2, 0.25) is 0 Å². The van der Waals surface area contributed by atoms with E-state index in [4.69, 9.17) is 5.11 Å². The molecule has 0 aliphatic heterocycles. The van der Waals surface area contributed by atoms with Gasteiger partial charge in [0.2, 0.25) is 5.91 Å². The van der Waals surface area contributed by atoms with Crippen molar-refractivity contribution < 1.29 is 9.90 Å². The van der Waals surface area contributed by atoms with Gasteiger partial charge in [0.15, 0.2) is 0 Å². The van der Waals surface area contributed by atoms with Crippen LogP contribution < -0.4 is 10.6 Å². The standard InChI is InChI=1S/C9H13N3O2/c1-7(14)12-9-6-8(2-3-11-9)10-4-5-13/h2-3,6,13H,4-5H2,1H3,(H2,10,11,12,14). The van der Waals surface area contributed by atoms with Crippen LogP contribution in [0, 0.1) is 0 Å². The smallest absolute Gasteiger partial charge is 0.222 e. The van der Waals surface area contributed by atoms with Gasteiger partial charge in [-0.15, -0.1) is 0 Å². The van der Waals surface area contributed by atoms with Crippen molar-refractivity contribution in [1.82, 2.24) is 4.98 Å². The van der Waals surface area contributed by atoms with Crippen LogP contribution in [0.25, 0.3) is 0 Å². The molecule has 0 saturated carbocycles. The molecule has 0 atom stereocenters. The van der Waals surface area contributed by atoms with Crippen molar-refractivity contribution in [2.45, 2.75) is 6.92 Å². The Kier molecular flexibility index (Phi) is 3.87. The maximum Gasteiger partial charge on any atom is 0.222 e. The number of aliphatic hydroxyl groups excluding tert-OH is 1. The number of carbonyl (C=O) groups is 1. The highest BCUT2D eigenvalue weighted by atomic mass is 16.3. The van der Waals surface area contributed by atoms with Crippen molar-refractivity contribution in [2.24, 2.45) is 0 Å². The van der Waals surface area contributed by atoms with Gasteiger partial charge < -0.3 is 15.7 Å². The molecule has 0 aromatic carbocycles. The first-order valence-corrected chi connectivity index (χ1v) is 4.31. The summed E-state index contributed by atoms with van der Waals surface area (Å²) in [5, 5.41) is 14.1. The molecule has 0 aliphatic carbocycles. The topological polar surface area (TPSA) is 74.2 Å². The quantitative estimate of drug-likeness (QED) is 0.652. The number of carbonyl (C=O) groups excluding carboxylic acids is 1. The maximum absolute atomic E-state index is 10.7. The minimum absolute atomic E-state index is 0.0673. The highest BCUT2D eigenvalue weighted by Gasteiger charge is 1.97. The summed E-state index contributed by atoms with van der Waals surface area (Å²) in [6.45, 7) is 1.97. The summed E-state index contributed by atoms with van der Waals surface area (Å²) in [6, 6.07) is 3.47. The SMILES string of the molecule is CC(=O)Nc1cc(NCCO)ccn1. The van der Waals surface area contributed by atoms with Gasteiger partial charge in [-0.3, -0.25) is 4.79 Å². The molecule has 0 spiro atoms. The molecule has 14 heavy (non-hydrogen) atoms. The predicted molar refractivity (Wildman–Crippen MR) is 54.1 cm³/mol. The highest BCUT2D eigenvalue weighted by molar-refractivity contribution is 5.87. The van der Waals surface area contributed by atoms with Crippen LogP contribution in [0.3, 0.4) is 0 Å². The zero-order chi connectivity index (χ0) is 10.4. The van der Waals surface area contributed by atoms with E-state index >= 15 is 0 Å². The Hall–Kier alpha value is -1.62. The van der Waals surface area contributed by atoms with Crippen molar-refractivity contribution in [1.29, 1.82) is 0 Å². The first kappa shape index (κ1) is 10.5. The molecule has 0 bridgehead atoms. The Morgan fingerprint density at radius 1 is 1.64 bits per heavy atom. The summed E-state index contributed by atoms with van der Waals surface area (Å²) in [4.78, 5) is 14.7. The molecule has 0 unspecified atom stereocenters. The van der Waals surface area contributed by atoms with Gasteiger partial charge in [0, 0.05) is 31.4 Å². The summed E-state index contributed by atoms with van der Waals surface area (Å²) < 4.78 is 0. The van der Waals surface area contributed by atoms with Gasteiger partial charge in [0.25, 0.3) is 0 Å². The van der Waals surface area contributed by atoms with Crippen molar-refractivity contribution >= 4 is 17.4 Å². The first-order valence-electron chi connectivity index (χ1n) is 4.31. The van der Waals surface area contributed by atoms with E-state index in [1.807, 2.05) is 0 Å². The summed E-state index contributed by atoms with van der Waals surface area (Å²) in [7, 11) is 0. The lowest BCUT2D eigenvalue weighted by Crippen LogP contribution is -2.09. The molecular weight excluding hydrogens is 182 g/mol. The number of aromatic nitrogens is 1. The monoisotopic (exact) mass is 195 g/mol. The molecule has 5 heteroatoms. The van der Waals surface area contributed by atoms with Crippen molar-refractivity contribution in [3.05, 3.63) is 18.3 Å². The Bertz CT molecular complexity index is 315. The molecular formula is C9H13N3O2. The molecule has 5 nitrogen and oxygen atoms in total. The normalized spacial score (nSPS) is 9.57. The fourth-order valence-corrected chi connectivity index (χ4v) is 0.989. The second-order valence-corrected chi connectivity index (χ2v) is 2.76. The van der Waals surface area contributed by atoms with E-state index in [-0.39, 0.29) is 12.5 Å².